The van der Waals surface area contributed by atoms with Crippen molar-refractivity contribution in [1.82, 2.24) is 20.1 Å². The zero-order valence-electron chi connectivity index (χ0n) is 10.3. The van der Waals surface area contributed by atoms with Crippen molar-refractivity contribution in [3.63, 3.8) is 0 Å². The first-order valence-electron chi connectivity index (χ1n) is 5.99. The molecule has 2 rings (SSSR count). The van der Waals surface area contributed by atoms with Crippen molar-refractivity contribution >= 4 is 0 Å². The molecule has 4 heteroatoms. The van der Waals surface area contributed by atoms with Crippen molar-refractivity contribution in [3.05, 3.63) is 42.5 Å². The van der Waals surface area contributed by atoms with Gasteiger partial charge in [0.05, 0.1) is 0 Å². The fourth-order valence-electron chi connectivity index (χ4n) is 1.90. The van der Waals surface area contributed by atoms with Crippen LogP contribution in [0.2, 0.25) is 0 Å². The molecule has 0 radical (unpaired) electrons. The zero-order valence-corrected chi connectivity index (χ0v) is 10.3. The summed E-state index contributed by atoms with van der Waals surface area (Å²) in [7, 11) is 0. The standard InChI is InChI=1S/C13H18N4/c1-3-14-11(2)9-13-16-15-10-17(13)12-7-5-4-6-8-12/h4-8,10-11,14H,3,9H2,1-2H3. The van der Waals surface area contributed by atoms with Gasteiger partial charge in [-0.1, -0.05) is 25.1 Å². The second-order valence-corrected chi connectivity index (χ2v) is 4.12. The minimum atomic E-state index is 0.409. The Hall–Kier alpha value is -1.68. The smallest absolute Gasteiger partial charge is 0.138 e. The topological polar surface area (TPSA) is 42.7 Å². The lowest BCUT2D eigenvalue weighted by molar-refractivity contribution is 0.548. The number of benzene rings is 1. The molecule has 17 heavy (non-hydrogen) atoms. The average Bonchev–Trinajstić information content (AvgIpc) is 2.78. The minimum absolute atomic E-state index is 0.409. The van der Waals surface area contributed by atoms with Gasteiger partial charge in [0.25, 0.3) is 0 Å². The van der Waals surface area contributed by atoms with Gasteiger partial charge in [0.2, 0.25) is 0 Å². The highest BCUT2D eigenvalue weighted by molar-refractivity contribution is 5.32. The largest absolute Gasteiger partial charge is 0.314 e. The van der Waals surface area contributed by atoms with E-state index in [1.54, 1.807) is 6.33 Å². The van der Waals surface area contributed by atoms with Gasteiger partial charge < -0.3 is 5.32 Å². The number of aromatic nitrogens is 3. The molecule has 0 aliphatic heterocycles. The Bertz CT molecular complexity index is 449. The fourth-order valence-corrected chi connectivity index (χ4v) is 1.90. The molecule has 0 bridgehead atoms. The van der Waals surface area contributed by atoms with Gasteiger partial charge in [-0.3, -0.25) is 4.57 Å². The second kappa shape index (κ2) is 5.59. The van der Waals surface area contributed by atoms with Crippen LogP contribution < -0.4 is 5.32 Å². The summed E-state index contributed by atoms with van der Waals surface area (Å²) in [6.45, 7) is 5.24. The van der Waals surface area contributed by atoms with E-state index >= 15 is 0 Å². The quantitative estimate of drug-likeness (QED) is 0.851. The highest BCUT2D eigenvalue weighted by Crippen LogP contribution is 2.10. The first-order chi connectivity index (χ1) is 8.31. The van der Waals surface area contributed by atoms with Crippen molar-refractivity contribution in [3.8, 4) is 5.69 Å². The molecule has 0 amide bonds. The fraction of sp³-hybridized carbons (Fsp3) is 0.385. The van der Waals surface area contributed by atoms with Gasteiger partial charge >= 0.3 is 0 Å². The maximum absolute atomic E-state index is 4.19. The summed E-state index contributed by atoms with van der Waals surface area (Å²) in [5.41, 5.74) is 1.11. The van der Waals surface area contributed by atoms with Crippen molar-refractivity contribution in [1.29, 1.82) is 0 Å². The first kappa shape index (κ1) is 11.8. The molecule has 90 valence electrons. The number of para-hydroxylation sites is 1. The van der Waals surface area contributed by atoms with Gasteiger partial charge in [-0.05, 0) is 25.6 Å². The van der Waals surface area contributed by atoms with Crippen molar-refractivity contribution in [2.75, 3.05) is 6.54 Å². The highest BCUT2D eigenvalue weighted by Gasteiger charge is 2.09. The van der Waals surface area contributed by atoms with Gasteiger partial charge in [0.1, 0.15) is 12.2 Å². The van der Waals surface area contributed by atoms with E-state index in [-0.39, 0.29) is 0 Å². The average molecular weight is 230 g/mol. The third-order valence-corrected chi connectivity index (χ3v) is 2.69. The Morgan fingerprint density at radius 3 is 2.76 bits per heavy atom. The molecule has 1 heterocycles. The van der Waals surface area contributed by atoms with Crippen LogP contribution in [0.3, 0.4) is 0 Å². The van der Waals surface area contributed by atoms with E-state index in [1.165, 1.54) is 0 Å². The number of likely N-dealkylation sites (N-methyl/N-ethyl adjacent to an activating group) is 1. The van der Waals surface area contributed by atoms with Crippen LogP contribution in [0, 0.1) is 0 Å². The molecule has 0 spiro atoms. The van der Waals surface area contributed by atoms with E-state index in [0.29, 0.717) is 6.04 Å². The highest BCUT2D eigenvalue weighted by atomic mass is 15.3. The summed E-state index contributed by atoms with van der Waals surface area (Å²) in [6, 6.07) is 10.6. The molecule has 0 saturated heterocycles. The molecule has 0 saturated carbocycles. The number of nitrogens with zero attached hydrogens (tertiary/aromatic N) is 3. The van der Waals surface area contributed by atoms with Crippen LogP contribution in [-0.4, -0.2) is 27.4 Å². The number of hydrogen-bond acceptors (Lipinski definition) is 3. The van der Waals surface area contributed by atoms with Crippen molar-refractivity contribution < 1.29 is 0 Å². The maximum Gasteiger partial charge on any atom is 0.138 e. The van der Waals surface area contributed by atoms with Crippen LogP contribution in [0.25, 0.3) is 5.69 Å². The summed E-state index contributed by atoms with van der Waals surface area (Å²) < 4.78 is 2.04. The van der Waals surface area contributed by atoms with Crippen molar-refractivity contribution in [2.24, 2.45) is 0 Å². The van der Waals surface area contributed by atoms with E-state index in [0.717, 1.165) is 24.5 Å². The predicted octanol–water partition coefficient (Wildman–Crippen LogP) is 1.81. The third kappa shape index (κ3) is 2.91. The molecule has 1 aromatic carbocycles. The Kier molecular flexibility index (Phi) is 3.88. The summed E-state index contributed by atoms with van der Waals surface area (Å²) in [6.07, 6.45) is 2.64. The van der Waals surface area contributed by atoms with Gasteiger partial charge in [-0.15, -0.1) is 10.2 Å². The number of hydrogen-bond donors (Lipinski definition) is 1. The molecule has 0 fully saturated rings. The van der Waals surface area contributed by atoms with Gasteiger partial charge in [-0.2, -0.15) is 0 Å². The Morgan fingerprint density at radius 1 is 1.29 bits per heavy atom. The molecule has 2 aromatic rings. The molecule has 1 aromatic heterocycles. The molecule has 1 N–H and O–H groups in total. The molecule has 1 atom stereocenters. The molecule has 0 aliphatic rings. The lowest BCUT2D eigenvalue weighted by atomic mass is 10.2. The normalized spacial score (nSPS) is 12.6. The minimum Gasteiger partial charge on any atom is -0.314 e. The van der Waals surface area contributed by atoms with E-state index < -0.39 is 0 Å². The van der Waals surface area contributed by atoms with Crippen LogP contribution >= 0.6 is 0 Å². The lowest BCUT2D eigenvalue weighted by Gasteiger charge is -2.12. The Balaban J connectivity index is 2.18. The van der Waals surface area contributed by atoms with Crippen LogP contribution in [-0.2, 0) is 6.42 Å². The monoisotopic (exact) mass is 230 g/mol. The van der Waals surface area contributed by atoms with Crippen molar-refractivity contribution in [2.45, 2.75) is 26.3 Å². The summed E-state index contributed by atoms with van der Waals surface area (Å²) >= 11 is 0. The predicted molar refractivity (Wildman–Crippen MR) is 68.2 cm³/mol. The summed E-state index contributed by atoms with van der Waals surface area (Å²) in [5, 5.41) is 11.6. The summed E-state index contributed by atoms with van der Waals surface area (Å²) in [4.78, 5) is 0. The molecule has 0 aliphatic carbocycles. The summed E-state index contributed by atoms with van der Waals surface area (Å²) in [5.74, 6) is 0.990. The maximum atomic E-state index is 4.19. The van der Waals surface area contributed by atoms with E-state index in [1.807, 2.05) is 22.8 Å². The van der Waals surface area contributed by atoms with Gasteiger partial charge in [0, 0.05) is 18.2 Å². The molecular formula is C13H18N4. The third-order valence-electron chi connectivity index (χ3n) is 2.69. The Labute approximate surface area is 102 Å². The van der Waals surface area contributed by atoms with E-state index in [4.69, 9.17) is 0 Å². The second-order valence-electron chi connectivity index (χ2n) is 4.12. The van der Waals surface area contributed by atoms with E-state index in [9.17, 15) is 0 Å². The molecular weight excluding hydrogens is 212 g/mol. The zero-order chi connectivity index (χ0) is 12.1. The Morgan fingerprint density at radius 2 is 2.06 bits per heavy atom. The lowest BCUT2D eigenvalue weighted by Crippen LogP contribution is -2.28. The van der Waals surface area contributed by atoms with Gasteiger partial charge in [-0.25, -0.2) is 0 Å². The van der Waals surface area contributed by atoms with Crippen LogP contribution in [0.15, 0.2) is 36.7 Å². The number of nitrogens with one attached hydrogen (secondary N) is 1. The molecule has 1 unspecified atom stereocenters. The number of rotatable bonds is 5. The van der Waals surface area contributed by atoms with Crippen LogP contribution in [0.4, 0.5) is 0 Å². The SMILES string of the molecule is CCNC(C)Cc1nncn1-c1ccccc1. The van der Waals surface area contributed by atoms with Gasteiger partial charge in [0.15, 0.2) is 0 Å². The molecule has 4 nitrogen and oxygen atoms in total. The van der Waals surface area contributed by atoms with E-state index in [2.05, 4.69) is 41.5 Å². The first-order valence-corrected chi connectivity index (χ1v) is 5.99. The van der Waals surface area contributed by atoms with Crippen LogP contribution in [0.5, 0.6) is 0 Å². The van der Waals surface area contributed by atoms with Crippen LogP contribution in [0.1, 0.15) is 19.7 Å².